The van der Waals surface area contributed by atoms with Crippen molar-refractivity contribution in [2.24, 2.45) is 0 Å². The molecule has 0 unspecified atom stereocenters. The molecule has 92 valence electrons. The lowest BCUT2D eigenvalue weighted by atomic mass is 10.1. The quantitative estimate of drug-likeness (QED) is 0.731. The predicted octanol–water partition coefficient (Wildman–Crippen LogP) is 3.09. The molecule has 2 heteroatoms. The number of rotatable bonds is 7. The van der Waals surface area contributed by atoms with Crippen molar-refractivity contribution in [2.75, 3.05) is 6.54 Å². The molecule has 1 N–H and O–H groups in total. The lowest BCUT2D eigenvalue weighted by Gasteiger charge is -2.03. The van der Waals surface area contributed by atoms with Gasteiger partial charge < -0.3 is 5.32 Å². The summed E-state index contributed by atoms with van der Waals surface area (Å²) < 4.78 is 0. The van der Waals surface area contributed by atoms with Gasteiger partial charge in [-0.15, -0.1) is 0 Å². The van der Waals surface area contributed by atoms with Gasteiger partial charge in [0.05, 0.1) is 6.54 Å². The zero-order valence-electron chi connectivity index (χ0n) is 10.7. The number of ketones is 1. The molecule has 0 saturated carbocycles. The number of hydrogen-bond acceptors (Lipinski definition) is 2. The summed E-state index contributed by atoms with van der Waals surface area (Å²) in [6.45, 7) is 5.33. The van der Waals surface area contributed by atoms with Crippen LogP contribution in [0.1, 0.15) is 32.3 Å². The molecule has 1 rings (SSSR count). The maximum atomic E-state index is 11.5. The molecule has 0 radical (unpaired) electrons. The van der Waals surface area contributed by atoms with Crippen molar-refractivity contribution in [1.82, 2.24) is 5.32 Å². The van der Waals surface area contributed by atoms with Crippen LogP contribution >= 0.6 is 0 Å². The van der Waals surface area contributed by atoms with Gasteiger partial charge >= 0.3 is 0 Å². The van der Waals surface area contributed by atoms with E-state index in [9.17, 15) is 4.79 Å². The Morgan fingerprint density at radius 2 is 1.94 bits per heavy atom. The third-order valence-electron chi connectivity index (χ3n) is 2.47. The first kappa shape index (κ1) is 13.7. The second kappa shape index (κ2) is 7.80. The average molecular weight is 231 g/mol. The highest BCUT2D eigenvalue weighted by Crippen LogP contribution is 1.99. The maximum Gasteiger partial charge on any atom is 0.146 e. The Bertz CT molecular complexity index is 364. The van der Waals surface area contributed by atoms with E-state index < -0.39 is 0 Å². The van der Waals surface area contributed by atoms with Gasteiger partial charge in [-0.2, -0.15) is 0 Å². The largest absolute Gasteiger partial charge is 0.306 e. The Kier molecular flexibility index (Phi) is 6.26. The summed E-state index contributed by atoms with van der Waals surface area (Å²) in [7, 11) is 0. The van der Waals surface area contributed by atoms with E-state index in [4.69, 9.17) is 0 Å². The zero-order valence-corrected chi connectivity index (χ0v) is 10.7. The van der Waals surface area contributed by atoms with E-state index in [1.807, 2.05) is 18.2 Å². The summed E-state index contributed by atoms with van der Waals surface area (Å²) in [6.07, 6.45) is 3.59. The molecule has 0 amide bonds. The van der Waals surface area contributed by atoms with Gasteiger partial charge in [0.25, 0.3) is 0 Å². The van der Waals surface area contributed by atoms with Crippen molar-refractivity contribution in [3.8, 4) is 0 Å². The number of Topliss-reactive ketones (excluding diaryl/α,β-unsaturated/α-hetero) is 1. The fraction of sp³-hybridized carbons (Fsp3) is 0.400. The van der Waals surface area contributed by atoms with E-state index in [2.05, 4.69) is 37.4 Å². The molecule has 1 aromatic rings. The molecule has 0 aliphatic rings. The van der Waals surface area contributed by atoms with E-state index in [-0.39, 0.29) is 5.78 Å². The number of hydrogen-bond donors (Lipinski definition) is 1. The van der Waals surface area contributed by atoms with Gasteiger partial charge in [0.15, 0.2) is 0 Å². The van der Waals surface area contributed by atoms with Crippen LogP contribution < -0.4 is 5.32 Å². The number of nitrogens with one attached hydrogen (secondary N) is 1. The molecule has 2 nitrogen and oxygen atoms in total. The summed E-state index contributed by atoms with van der Waals surface area (Å²) in [5.41, 5.74) is 2.49. The second-order valence-corrected chi connectivity index (χ2v) is 4.45. The van der Waals surface area contributed by atoms with Gasteiger partial charge in [-0.25, -0.2) is 0 Å². The summed E-state index contributed by atoms with van der Waals surface area (Å²) >= 11 is 0. The van der Waals surface area contributed by atoms with E-state index in [1.54, 1.807) is 0 Å². The summed E-state index contributed by atoms with van der Waals surface area (Å²) in [5, 5.41) is 3.17. The van der Waals surface area contributed by atoms with Gasteiger partial charge in [0, 0.05) is 13.0 Å². The molecule has 0 aliphatic heterocycles. The Morgan fingerprint density at radius 3 is 2.59 bits per heavy atom. The molecule has 1 aromatic carbocycles. The smallest absolute Gasteiger partial charge is 0.146 e. The third-order valence-corrected chi connectivity index (χ3v) is 2.47. The first-order chi connectivity index (χ1) is 8.18. The van der Waals surface area contributed by atoms with Crippen LogP contribution in [0.2, 0.25) is 0 Å². The van der Waals surface area contributed by atoms with Gasteiger partial charge in [-0.1, -0.05) is 42.0 Å². The lowest BCUT2D eigenvalue weighted by Crippen LogP contribution is -2.22. The van der Waals surface area contributed by atoms with Crippen molar-refractivity contribution in [3.63, 3.8) is 0 Å². The van der Waals surface area contributed by atoms with Gasteiger partial charge in [0.2, 0.25) is 0 Å². The lowest BCUT2D eigenvalue weighted by molar-refractivity contribution is -0.118. The van der Waals surface area contributed by atoms with Crippen LogP contribution in [-0.4, -0.2) is 12.3 Å². The molecule has 0 aliphatic carbocycles. The van der Waals surface area contributed by atoms with Crippen LogP contribution in [0.15, 0.2) is 42.0 Å². The highest BCUT2D eigenvalue weighted by molar-refractivity contribution is 5.80. The fourth-order valence-corrected chi connectivity index (χ4v) is 1.55. The minimum absolute atomic E-state index is 0.276. The number of carbonyl (C=O) groups is 1. The summed E-state index contributed by atoms with van der Waals surface area (Å²) in [5.74, 6) is 0.276. The third kappa shape index (κ3) is 6.69. The minimum atomic E-state index is 0.276. The van der Waals surface area contributed by atoms with E-state index in [0.29, 0.717) is 13.0 Å². The molecular weight excluding hydrogens is 210 g/mol. The normalized spacial score (nSPS) is 10.0. The molecule has 0 fully saturated rings. The van der Waals surface area contributed by atoms with Crippen LogP contribution in [0.4, 0.5) is 0 Å². The average Bonchev–Trinajstić information content (AvgIpc) is 2.30. The Balaban J connectivity index is 2.14. The molecule has 0 saturated heterocycles. The standard InChI is InChI=1S/C15H21NO/c1-13(2)7-6-10-15(17)12-16-11-14-8-4-3-5-9-14/h3-5,7-9,16H,6,10-12H2,1-2H3. The molecular formula is C15H21NO. The summed E-state index contributed by atoms with van der Waals surface area (Å²) in [4.78, 5) is 11.5. The predicted molar refractivity (Wildman–Crippen MR) is 71.8 cm³/mol. The van der Waals surface area contributed by atoms with Crippen molar-refractivity contribution >= 4 is 5.78 Å². The zero-order chi connectivity index (χ0) is 12.5. The van der Waals surface area contributed by atoms with Crippen LogP contribution in [0.5, 0.6) is 0 Å². The second-order valence-electron chi connectivity index (χ2n) is 4.45. The molecule has 17 heavy (non-hydrogen) atoms. The Morgan fingerprint density at radius 1 is 1.24 bits per heavy atom. The highest BCUT2D eigenvalue weighted by atomic mass is 16.1. The molecule has 0 spiro atoms. The first-order valence-electron chi connectivity index (χ1n) is 6.08. The molecule has 0 bridgehead atoms. The van der Waals surface area contributed by atoms with Crippen LogP contribution in [0.25, 0.3) is 0 Å². The summed E-state index contributed by atoms with van der Waals surface area (Å²) in [6, 6.07) is 10.1. The SMILES string of the molecule is CC(C)=CCCC(=O)CNCc1ccccc1. The molecule has 0 heterocycles. The van der Waals surface area contributed by atoms with Crippen molar-refractivity contribution in [3.05, 3.63) is 47.5 Å². The topological polar surface area (TPSA) is 29.1 Å². The van der Waals surface area contributed by atoms with Gasteiger partial charge in [-0.3, -0.25) is 4.79 Å². The van der Waals surface area contributed by atoms with E-state index in [1.165, 1.54) is 11.1 Å². The molecule has 0 atom stereocenters. The van der Waals surface area contributed by atoms with Crippen LogP contribution in [0, 0.1) is 0 Å². The highest BCUT2D eigenvalue weighted by Gasteiger charge is 1.99. The number of carbonyl (C=O) groups excluding carboxylic acids is 1. The van der Waals surface area contributed by atoms with Gasteiger partial charge in [-0.05, 0) is 25.8 Å². The van der Waals surface area contributed by atoms with E-state index in [0.717, 1.165) is 13.0 Å². The Labute approximate surface area is 104 Å². The van der Waals surface area contributed by atoms with Crippen molar-refractivity contribution < 1.29 is 4.79 Å². The Hall–Kier alpha value is -1.41. The van der Waals surface area contributed by atoms with E-state index >= 15 is 0 Å². The first-order valence-corrected chi connectivity index (χ1v) is 6.08. The van der Waals surface area contributed by atoms with Crippen LogP contribution in [-0.2, 0) is 11.3 Å². The fourth-order valence-electron chi connectivity index (χ4n) is 1.55. The van der Waals surface area contributed by atoms with Gasteiger partial charge in [0.1, 0.15) is 5.78 Å². The minimum Gasteiger partial charge on any atom is -0.306 e. The van der Waals surface area contributed by atoms with Crippen molar-refractivity contribution in [1.29, 1.82) is 0 Å². The van der Waals surface area contributed by atoms with Crippen molar-refractivity contribution in [2.45, 2.75) is 33.2 Å². The monoisotopic (exact) mass is 231 g/mol. The maximum absolute atomic E-state index is 11.5. The van der Waals surface area contributed by atoms with Crippen LogP contribution in [0.3, 0.4) is 0 Å². The number of allylic oxidation sites excluding steroid dienone is 2. The number of benzene rings is 1. The molecule has 0 aromatic heterocycles.